The number of nitrogens with one attached hydrogen (secondary N) is 1. The van der Waals surface area contributed by atoms with E-state index in [1.54, 1.807) is 0 Å². The molecule has 0 saturated carbocycles. The summed E-state index contributed by atoms with van der Waals surface area (Å²) in [6.45, 7) is 9.47. The Kier molecular flexibility index (Phi) is 5.09. The number of amides is 1. The van der Waals surface area contributed by atoms with Gasteiger partial charge in [0.1, 0.15) is 0 Å². The van der Waals surface area contributed by atoms with Crippen LogP contribution in [0.1, 0.15) is 40.0 Å². The first-order valence-corrected chi connectivity index (χ1v) is 6.14. The van der Waals surface area contributed by atoms with Crippen LogP contribution in [0.15, 0.2) is 0 Å². The molecule has 0 radical (unpaired) electrons. The van der Waals surface area contributed by atoms with Crippen molar-refractivity contribution in [3.63, 3.8) is 0 Å². The van der Waals surface area contributed by atoms with E-state index in [9.17, 15) is 4.79 Å². The lowest BCUT2D eigenvalue weighted by atomic mass is 10.1. The lowest BCUT2D eigenvalue weighted by Gasteiger charge is -2.23. The van der Waals surface area contributed by atoms with Crippen molar-refractivity contribution in [3.8, 4) is 0 Å². The van der Waals surface area contributed by atoms with E-state index in [1.165, 1.54) is 19.4 Å². The van der Waals surface area contributed by atoms with Crippen LogP contribution in [0.2, 0.25) is 0 Å². The molecule has 0 aromatic rings. The highest BCUT2D eigenvalue weighted by Crippen LogP contribution is 2.15. The van der Waals surface area contributed by atoms with Crippen LogP contribution in [0.5, 0.6) is 0 Å². The Labute approximate surface area is 93.2 Å². The molecule has 1 aliphatic heterocycles. The minimum absolute atomic E-state index is 0.202. The number of nitrogens with zero attached hydrogens (tertiary/aromatic N) is 1. The maximum Gasteiger partial charge on any atom is 0.220 e. The Morgan fingerprint density at radius 1 is 1.53 bits per heavy atom. The zero-order valence-electron chi connectivity index (χ0n) is 10.3. The minimum atomic E-state index is 0.202. The summed E-state index contributed by atoms with van der Waals surface area (Å²) in [5, 5.41) is 3.04. The van der Waals surface area contributed by atoms with E-state index in [1.807, 2.05) is 0 Å². The quantitative estimate of drug-likeness (QED) is 0.751. The number of hydrogen-bond acceptors (Lipinski definition) is 2. The number of carbonyl (C=O) groups excluding carboxylic acids is 1. The summed E-state index contributed by atoms with van der Waals surface area (Å²) < 4.78 is 0. The van der Waals surface area contributed by atoms with Crippen LogP contribution in [0, 0.1) is 5.92 Å². The third-order valence-electron chi connectivity index (χ3n) is 3.03. The average molecular weight is 212 g/mol. The molecule has 3 heteroatoms. The highest BCUT2D eigenvalue weighted by Gasteiger charge is 2.22. The van der Waals surface area contributed by atoms with Crippen LogP contribution in [-0.4, -0.2) is 36.5 Å². The van der Waals surface area contributed by atoms with Crippen LogP contribution < -0.4 is 5.32 Å². The van der Waals surface area contributed by atoms with Gasteiger partial charge in [-0.1, -0.05) is 20.8 Å². The zero-order chi connectivity index (χ0) is 11.3. The van der Waals surface area contributed by atoms with Crippen LogP contribution in [-0.2, 0) is 4.79 Å². The van der Waals surface area contributed by atoms with Crippen molar-refractivity contribution in [2.75, 3.05) is 19.6 Å². The van der Waals surface area contributed by atoms with Gasteiger partial charge in [0.2, 0.25) is 5.91 Å². The van der Waals surface area contributed by atoms with Crippen LogP contribution >= 0.6 is 0 Å². The van der Waals surface area contributed by atoms with Gasteiger partial charge in [0.15, 0.2) is 0 Å². The standard InChI is InChI=1S/C12H24N2O/c1-4-14-7-5-6-11(14)9-13-12(15)8-10(2)3/h10-11H,4-9H2,1-3H3,(H,13,15)/t11-/m1/s1. The topological polar surface area (TPSA) is 32.3 Å². The monoisotopic (exact) mass is 212 g/mol. The molecule has 1 heterocycles. The molecule has 3 nitrogen and oxygen atoms in total. The molecule has 1 fully saturated rings. The maximum absolute atomic E-state index is 11.5. The van der Waals surface area contributed by atoms with Gasteiger partial charge >= 0.3 is 0 Å². The van der Waals surface area contributed by atoms with Crippen molar-refractivity contribution in [1.29, 1.82) is 0 Å². The predicted molar refractivity (Wildman–Crippen MR) is 62.7 cm³/mol. The van der Waals surface area contributed by atoms with E-state index < -0.39 is 0 Å². The minimum Gasteiger partial charge on any atom is -0.355 e. The molecule has 0 aromatic heterocycles. The summed E-state index contributed by atoms with van der Waals surface area (Å²) in [6, 6.07) is 0.575. The van der Waals surface area contributed by atoms with E-state index in [2.05, 4.69) is 31.0 Å². The highest BCUT2D eigenvalue weighted by atomic mass is 16.1. The van der Waals surface area contributed by atoms with Gasteiger partial charge in [-0.3, -0.25) is 9.69 Å². The fourth-order valence-corrected chi connectivity index (χ4v) is 2.22. The number of likely N-dealkylation sites (tertiary alicyclic amines) is 1. The van der Waals surface area contributed by atoms with Crippen molar-refractivity contribution < 1.29 is 4.79 Å². The van der Waals surface area contributed by atoms with E-state index in [0.29, 0.717) is 18.4 Å². The normalized spacial score (nSPS) is 22.3. The molecule has 0 aliphatic carbocycles. The van der Waals surface area contributed by atoms with Gasteiger partial charge in [-0.15, -0.1) is 0 Å². The lowest BCUT2D eigenvalue weighted by Crippen LogP contribution is -2.40. The molecular weight excluding hydrogens is 188 g/mol. The van der Waals surface area contributed by atoms with Gasteiger partial charge in [0, 0.05) is 19.0 Å². The summed E-state index contributed by atoms with van der Waals surface area (Å²) in [5.74, 6) is 0.656. The zero-order valence-corrected chi connectivity index (χ0v) is 10.3. The second-order valence-corrected chi connectivity index (χ2v) is 4.83. The first-order chi connectivity index (χ1) is 7.13. The Morgan fingerprint density at radius 2 is 2.27 bits per heavy atom. The SMILES string of the molecule is CCN1CCC[C@@H]1CNC(=O)CC(C)C. The molecule has 1 amide bonds. The van der Waals surface area contributed by atoms with Crippen molar-refractivity contribution in [1.82, 2.24) is 10.2 Å². The fourth-order valence-electron chi connectivity index (χ4n) is 2.22. The molecule has 1 saturated heterocycles. The van der Waals surface area contributed by atoms with Gasteiger partial charge in [-0.25, -0.2) is 0 Å². The number of carbonyl (C=O) groups is 1. The molecule has 1 rings (SSSR count). The van der Waals surface area contributed by atoms with E-state index in [0.717, 1.165) is 13.1 Å². The van der Waals surface area contributed by atoms with Crippen molar-refractivity contribution >= 4 is 5.91 Å². The van der Waals surface area contributed by atoms with Gasteiger partial charge in [0.25, 0.3) is 0 Å². The summed E-state index contributed by atoms with van der Waals surface area (Å²) in [6.07, 6.45) is 3.16. The van der Waals surface area contributed by atoms with Crippen LogP contribution in [0.3, 0.4) is 0 Å². The smallest absolute Gasteiger partial charge is 0.220 e. The first kappa shape index (κ1) is 12.5. The third-order valence-corrected chi connectivity index (χ3v) is 3.03. The van der Waals surface area contributed by atoms with Gasteiger partial charge in [0.05, 0.1) is 0 Å². The molecule has 1 atom stereocenters. The van der Waals surface area contributed by atoms with Crippen LogP contribution in [0.4, 0.5) is 0 Å². The van der Waals surface area contributed by atoms with E-state index in [-0.39, 0.29) is 5.91 Å². The van der Waals surface area contributed by atoms with Crippen molar-refractivity contribution in [2.24, 2.45) is 5.92 Å². The highest BCUT2D eigenvalue weighted by molar-refractivity contribution is 5.76. The van der Waals surface area contributed by atoms with E-state index in [4.69, 9.17) is 0 Å². The van der Waals surface area contributed by atoms with Crippen molar-refractivity contribution in [3.05, 3.63) is 0 Å². The van der Waals surface area contributed by atoms with E-state index >= 15 is 0 Å². The molecule has 88 valence electrons. The summed E-state index contributed by atoms with van der Waals surface area (Å²) in [4.78, 5) is 13.9. The molecule has 0 bridgehead atoms. The first-order valence-electron chi connectivity index (χ1n) is 6.14. The Balaban J connectivity index is 2.21. The second kappa shape index (κ2) is 6.11. The molecule has 0 spiro atoms. The van der Waals surface area contributed by atoms with Crippen molar-refractivity contribution in [2.45, 2.75) is 46.1 Å². The number of hydrogen-bond donors (Lipinski definition) is 1. The maximum atomic E-state index is 11.5. The summed E-state index contributed by atoms with van der Waals surface area (Å²) >= 11 is 0. The lowest BCUT2D eigenvalue weighted by molar-refractivity contribution is -0.122. The fraction of sp³-hybridized carbons (Fsp3) is 0.917. The Bertz CT molecular complexity index is 204. The molecule has 1 N–H and O–H groups in total. The molecule has 15 heavy (non-hydrogen) atoms. The van der Waals surface area contributed by atoms with Gasteiger partial charge in [-0.05, 0) is 31.8 Å². The Morgan fingerprint density at radius 3 is 2.87 bits per heavy atom. The van der Waals surface area contributed by atoms with Gasteiger partial charge in [-0.2, -0.15) is 0 Å². The number of likely N-dealkylation sites (N-methyl/N-ethyl adjacent to an activating group) is 1. The molecular formula is C12H24N2O. The predicted octanol–water partition coefficient (Wildman–Crippen LogP) is 1.63. The number of rotatable bonds is 5. The Hall–Kier alpha value is -0.570. The molecule has 1 aliphatic rings. The molecule has 0 unspecified atom stereocenters. The largest absolute Gasteiger partial charge is 0.355 e. The third kappa shape index (κ3) is 4.20. The molecule has 0 aromatic carbocycles. The second-order valence-electron chi connectivity index (χ2n) is 4.83. The van der Waals surface area contributed by atoms with Gasteiger partial charge < -0.3 is 5.32 Å². The van der Waals surface area contributed by atoms with Crippen LogP contribution in [0.25, 0.3) is 0 Å². The summed E-state index contributed by atoms with van der Waals surface area (Å²) in [5.41, 5.74) is 0. The summed E-state index contributed by atoms with van der Waals surface area (Å²) in [7, 11) is 0. The average Bonchev–Trinajstić information content (AvgIpc) is 2.60.